The Morgan fingerprint density at radius 3 is 2.22 bits per heavy atom. The summed E-state index contributed by atoms with van der Waals surface area (Å²) in [5.74, 6) is 0. The second kappa shape index (κ2) is 11.8. The maximum atomic E-state index is 2.66. The molecule has 1 heteroatoms. The third-order valence-electron chi connectivity index (χ3n) is 5.67. The van der Waals surface area contributed by atoms with Gasteiger partial charge in [-0.25, -0.2) is 0 Å². The summed E-state index contributed by atoms with van der Waals surface area (Å²) < 4.78 is 0. The molecule has 144 valence electrons. The first-order valence-electron chi connectivity index (χ1n) is 10.9. The fourth-order valence-corrected chi connectivity index (χ4v) is 4.08. The fourth-order valence-electron chi connectivity index (χ4n) is 4.08. The van der Waals surface area contributed by atoms with Crippen LogP contribution in [0.5, 0.6) is 0 Å². The van der Waals surface area contributed by atoms with E-state index in [2.05, 4.69) is 71.6 Å². The molecular weight excluding hydrogens is 326 g/mol. The topological polar surface area (TPSA) is 3.24 Å². The Kier molecular flexibility index (Phi) is 8.67. The molecule has 0 radical (unpaired) electrons. The molecule has 1 aliphatic rings. The number of rotatable bonds is 10. The number of benzene rings is 2. The zero-order valence-corrected chi connectivity index (χ0v) is 16.8. The van der Waals surface area contributed by atoms with Crippen LogP contribution in [0.4, 0.5) is 0 Å². The molecule has 3 rings (SSSR count). The Labute approximate surface area is 166 Å². The minimum atomic E-state index is 1.17. The molecule has 1 fully saturated rings. The molecule has 27 heavy (non-hydrogen) atoms. The highest BCUT2D eigenvalue weighted by Crippen LogP contribution is 2.22. The first-order valence-corrected chi connectivity index (χ1v) is 10.9. The number of allylic oxidation sites excluding steroid dienone is 2. The van der Waals surface area contributed by atoms with Gasteiger partial charge in [0.25, 0.3) is 0 Å². The Morgan fingerprint density at radius 2 is 1.48 bits per heavy atom. The molecule has 0 aliphatic carbocycles. The van der Waals surface area contributed by atoms with Gasteiger partial charge in [0.05, 0.1) is 0 Å². The van der Waals surface area contributed by atoms with Gasteiger partial charge in [0.15, 0.2) is 0 Å². The van der Waals surface area contributed by atoms with Crippen LogP contribution in [0.2, 0.25) is 0 Å². The summed E-state index contributed by atoms with van der Waals surface area (Å²) in [7, 11) is 0. The normalized spacial score (nSPS) is 15.8. The van der Waals surface area contributed by atoms with Crippen molar-refractivity contribution in [1.82, 2.24) is 4.90 Å². The highest BCUT2D eigenvalue weighted by molar-refractivity contribution is 5.65. The van der Waals surface area contributed by atoms with E-state index in [0.717, 1.165) is 0 Å². The first-order chi connectivity index (χ1) is 13.4. The van der Waals surface area contributed by atoms with Crippen LogP contribution in [0.3, 0.4) is 0 Å². The molecule has 1 aliphatic heterocycles. The minimum absolute atomic E-state index is 1.17. The van der Waals surface area contributed by atoms with E-state index in [1.165, 1.54) is 94.1 Å². The van der Waals surface area contributed by atoms with Crippen LogP contribution in [0.1, 0.15) is 62.5 Å². The third kappa shape index (κ3) is 7.34. The predicted octanol–water partition coefficient (Wildman–Crippen LogP) is 6.75. The molecule has 0 atom stereocenters. The number of piperidine rings is 1. The van der Waals surface area contributed by atoms with Gasteiger partial charge in [-0.1, -0.05) is 73.2 Å². The SMILES string of the molecule is C(/CCCCN1CCCCC1)=C(\CCCc1ccccc1)c1ccccc1. The van der Waals surface area contributed by atoms with Crippen LogP contribution in [0.15, 0.2) is 66.7 Å². The quantitative estimate of drug-likeness (QED) is 0.423. The van der Waals surface area contributed by atoms with Crippen molar-refractivity contribution in [2.45, 2.75) is 57.8 Å². The van der Waals surface area contributed by atoms with Crippen molar-refractivity contribution in [2.24, 2.45) is 0 Å². The Morgan fingerprint density at radius 1 is 0.778 bits per heavy atom. The lowest BCUT2D eigenvalue weighted by Gasteiger charge is -2.26. The summed E-state index contributed by atoms with van der Waals surface area (Å²) in [6.07, 6.45) is 14.2. The monoisotopic (exact) mass is 361 g/mol. The molecule has 1 nitrogen and oxygen atoms in total. The molecule has 0 unspecified atom stereocenters. The van der Waals surface area contributed by atoms with Gasteiger partial charge in [-0.2, -0.15) is 0 Å². The minimum Gasteiger partial charge on any atom is -0.303 e. The number of nitrogens with zero attached hydrogens (tertiary/aromatic N) is 1. The number of hydrogen-bond donors (Lipinski definition) is 0. The van der Waals surface area contributed by atoms with Gasteiger partial charge in [-0.05, 0) is 87.7 Å². The van der Waals surface area contributed by atoms with Gasteiger partial charge in [-0.15, -0.1) is 0 Å². The lowest BCUT2D eigenvalue weighted by Crippen LogP contribution is -2.30. The van der Waals surface area contributed by atoms with E-state index >= 15 is 0 Å². The molecule has 0 N–H and O–H groups in total. The Hall–Kier alpha value is -1.86. The average Bonchev–Trinajstić information content (AvgIpc) is 2.74. The summed E-state index contributed by atoms with van der Waals surface area (Å²) in [5, 5.41) is 0. The van der Waals surface area contributed by atoms with E-state index in [9.17, 15) is 0 Å². The van der Waals surface area contributed by atoms with Gasteiger partial charge in [-0.3, -0.25) is 0 Å². The van der Waals surface area contributed by atoms with E-state index < -0.39 is 0 Å². The van der Waals surface area contributed by atoms with Gasteiger partial charge in [0.2, 0.25) is 0 Å². The lowest BCUT2D eigenvalue weighted by atomic mass is 9.97. The fraction of sp³-hybridized carbons (Fsp3) is 0.462. The molecule has 0 bridgehead atoms. The van der Waals surface area contributed by atoms with E-state index in [1.54, 1.807) is 0 Å². The van der Waals surface area contributed by atoms with Crippen molar-refractivity contribution < 1.29 is 0 Å². The van der Waals surface area contributed by atoms with Crippen LogP contribution in [0, 0.1) is 0 Å². The van der Waals surface area contributed by atoms with Crippen molar-refractivity contribution in [3.63, 3.8) is 0 Å². The van der Waals surface area contributed by atoms with E-state index in [4.69, 9.17) is 0 Å². The van der Waals surface area contributed by atoms with E-state index in [0.29, 0.717) is 0 Å². The first kappa shape index (κ1) is 19.9. The molecular formula is C26H35N. The summed E-state index contributed by atoms with van der Waals surface area (Å²) in [6.45, 7) is 3.94. The summed E-state index contributed by atoms with van der Waals surface area (Å²) in [5.41, 5.74) is 4.39. The van der Waals surface area contributed by atoms with Crippen LogP contribution in [-0.4, -0.2) is 24.5 Å². The van der Waals surface area contributed by atoms with Gasteiger partial charge < -0.3 is 4.90 Å². The molecule has 0 aromatic heterocycles. The molecule has 0 amide bonds. The lowest BCUT2D eigenvalue weighted by molar-refractivity contribution is 0.225. The second-order valence-corrected chi connectivity index (χ2v) is 7.83. The third-order valence-corrected chi connectivity index (χ3v) is 5.67. The number of likely N-dealkylation sites (tertiary alicyclic amines) is 1. The second-order valence-electron chi connectivity index (χ2n) is 7.83. The number of unbranched alkanes of at least 4 members (excludes halogenated alkanes) is 2. The van der Waals surface area contributed by atoms with Crippen LogP contribution in [-0.2, 0) is 6.42 Å². The Balaban J connectivity index is 1.46. The predicted molar refractivity (Wildman–Crippen MR) is 118 cm³/mol. The maximum absolute atomic E-state index is 2.66. The largest absolute Gasteiger partial charge is 0.303 e. The molecule has 0 saturated carbocycles. The van der Waals surface area contributed by atoms with E-state index in [-0.39, 0.29) is 0 Å². The van der Waals surface area contributed by atoms with E-state index in [1.807, 2.05) is 0 Å². The van der Waals surface area contributed by atoms with Crippen molar-refractivity contribution in [2.75, 3.05) is 19.6 Å². The molecule has 0 spiro atoms. The van der Waals surface area contributed by atoms with Crippen molar-refractivity contribution >= 4 is 5.57 Å². The molecule has 1 heterocycles. The zero-order chi connectivity index (χ0) is 18.6. The maximum Gasteiger partial charge on any atom is -0.00186 e. The summed E-state index contributed by atoms with van der Waals surface area (Å²) >= 11 is 0. The van der Waals surface area contributed by atoms with Gasteiger partial charge >= 0.3 is 0 Å². The van der Waals surface area contributed by atoms with Gasteiger partial charge in [0, 0.05) is 0 Å². The Bertz CT molecular complexity index is 653. The van der Waals surface area contributed by atoms with Crippen LogP contribution < -0.4 is 0 Å². The number of hydrogen-bond acceptors (Lipinski definition) is 1. The average molecular weight is 362 g/mol. The van der Waals surface area contributed by atoms with Crippen LogP contribution in [0.25, 0.3) is 5.57 Å². The summed E-state index contributed by atoms with van der Waals surface area (Å²) in [4.78, 5) is 2.66. The van der Waals surface area contributed by atoms with Crippen molar-refractivity contribution in [1.29, 1.82) is 0 Å². The standard InChI is InChI=1S/C26H35N/c1-5-14-24(15-6-1)16-13-20-26(25-17-7-2-8-18-25)19-9-3-10-21-27-22-11-4-12-23-27/h1-2,5-8,14-15,17-19H,3-4,9-13,16,20-23H2/b26-19-. The van der Waals surface area contributed by atoms with Crippen LogP contribution >= 0.6 is 0 Å². The van der Waals surface area contributed by atoms with Crippen molar-refractivity contribution in [3.05, 3.63) is 77.9 Å². The highest BCUT2D eigenvalue weighted by Gasteiger charge is 2.08. The molecule has 2 aromatic rings. The molecule has 2 aromatic carbocycles. The van der Waals surface area contributed by atoms with Crippen molar-refractivity contribution in [3.8, 4) is 0 Å². The molecule has 1 saturated heterocycles. The summed E-state index contributed by atoms with van der Waals surface area (Å²) in [6, 6.07) is 21.8. The zero-order valence-electron chi connectivity index (χ0n) is 16.8. The van der Waals surface area contributed by atoms with Gasteiger partial charge in [0.1, 0.15) is 0 Å². The highest BCUT2D eigenvalue weighted by atomic mass is 15.1. The smallest absolute Gasteiger partial charge is 0.00186 e. The number of aryl methyl sites for hydroxylation is 1.